The number of Topliss-reactive ketones (excluding diaryl/α,β-unsaturated/α-hetero) is 1. The minimum atomic E-state index is -0.327. The summed E-state index contributed by atoms with van der Waals surface area (Å²) in [6.45, 7) is 4.34. The lowest BCUT2D eigenvalue weighted by Crippen LogP contribution is -2.47. The summed E-state index contributed by atoms with van der Waals surface area (Å²) in [4.78, 5) is 25.3. The zero-order valence-electron chi connectivity index (χ0n) is 12.0. The van der Waals surface area contributed by atoms with Crippen molar-refractivity contribution in [1.82, 2.24) is 4.90 Å². The van der Waals surface area contributed by atoms with Crippen molar-refractivity contribution in [3.63, 3.8) is 0 Å². The highest BCUT2D eigenvalue weighted by atomic mass is 16.6. The lowest BCUT2D eigenvalue weighted by atomic mass is 9.91. The summed E-state index contributed by atoms with van der Waals surface area (Å²) in [7, 11) is 0. The molecule has 4 heteroatoms. The molecule has 1 fully saturated rings. The molecule has 1 aromatic rings. The highest BCUT2D eigenvalue weighted by Gasteiger charge is 2.31. The van der Waals surface area contributed by atoms with Crippen LogP contribution in [0.1, 0.15) is 32.3 Å². The average molecular weight is 275 g/mol. The van der Waals surface area contributed by atoms with Crippen molar-refractivity contribution in [2.24, 2.45) is 5.92 Å². The molecule has 1 aromatic carbocycles. The molecule has 0 spiro atoms. The van der Waals surface area contributed by atoms with Crippen LogP contribution in [0.15, 0.2) is 30.3 Å². The van der Waals surface area contributed by atoms with Gasteiger partial charge in [-0.15, -0.1) is 0 Å². The van der Waals surface area contributed by atoms with Gasteiger partial charge in [0.1, 0.15) is 12.4 Å². The first-order chi connectivity index (χ1) is 9.58. The monoisotopic (exact) mass is 275 g/mol. The molecule has 20 heavy (non-hydrogen) atoms. The molecular weight excluding hydrogens is 254 g/mol. The van der Waals surface area contributed by atoms with E-state index in [9.17, 15) is 9.59 Å². The average Bonchev–Trinajstić information content (AvgIpc) is 2.46. The van der Waals surface area contributed by atoms with E-state index in [1.54, 1.807) is 11.8 Å². The van der Waals surface area contributed by atoms with Crippen LogP contribution in [0.4, 0.5) is 4.79 Å². The molecule has 2 rings (SSSR count). The SMILES string of the molecule is CC(=O)[C@@H]1CC[C@H](C)N(C(=O)OCc2ccccc2)C1. The molecule has 108 valence electrons. The topological polar surface area (TPSA) is 46.6 Å². The number of carbonyl (C=O) groups excluding carboxylic acids is 2. The number of ether oxygens (including phenoxy) is 1. The van der Waals surface area contributed by atoms with Crippen LogP contribution < -0.4 is 0 Å². The molecule has 2 atom stereocenters. The highest BCUT2D eigenvalue weighted by Crippen LogP contribution is 2.23. The van der Waals surface area contributed by atoms with Crippen molar-refractivity contribution in [2.75, 3.05) is 6.54 Å². The first kappa shape index (κ1) is 14.6. The minimum Gasteiger partial charge on any atom is -0.445 e. The van der Waals surface area contributed by atoms with E-state index in [0.717, 1.165) is 18.4 Å². The zero-order chi connectivity index (χ0) is 14.5. The third kappa shape index (κ3) is 3.59. The second-order valence-electron chi connectivity index (χ2n) is 5.43. The van der Waals surface area contributed by atoms with Crippen LogP contribution in [0.5, 0.6) is 0 Å². The number of piperidine rings is 1. The summed E-state index contributed by atoms with van der Waals surface area (Å²) in [5, 5.41) is 0. The largest absolute Gasteiger partial charge is 0.445 e. The van der Waals surface area contributed by atoms with Crippen LogP contribution in [-0.2, 0) is 16.1 Å². The fourth-order valence-corrected chi connectivity index (χ4v) is 2.50. The molecule has 1 aliphatic rings. The van der Waals surface area contributed by atoms with Crippen LogP contribution >= 0.6 is 0 Å². The molecule has 0 radical (unpaired) electrons. The summed E-state index contributed by atoms with van der Waals surface area (Å²) in [6.07, 6.45) is 1.39. The van der Waals surface area contributed by atoms with Gasteiger partial charge >= 0.3 is 6.09 Å². The Labute approximate surface area is 119 Å². The van der Waals surface area contributed by atoms with Crippen molar-refractivity contribution in [3.05, 3.63) is 35.9 Å². The molecule has 4 nitrogen and oxygen atoms in total. The maximum atomic E-state index is 12.1. The van der Waals surface area contributed by atoms with Crippen LogP contribution in [0.25, 0.3) is 0 Å². The molecule has 1 aliphatic heterocycles. The number of rotatable bonds is 3. The van der Waals surface area contributed by atoms with Gasteiger partial charge in [-0.2, -0.15) is 0 Å². The maximum absolute atomic E-state index is 12.1. The van der Waals surface area contributed by atoms with Gasteiger partial charge in [-0.1, -0.05) is 30.3 Å². The van der Waals surface area contributed by atoms with E-state index >= 15 is 0 Å². The minimum absolute atomic E-state index is 0.0459. The molecule has 1 heterocycles. The molecule has 1 saturated heterocycles. The predicted molar refractivity (Wildman–Crippen MR) is 76.2 cm³/mol. The van der Waals surface area contributed by atoms with Crippen LogP contribution in [0.2, 0.25) is 0 Å². The van der Waals surface area contributed by atoms with Gasteiger partial charge in [-0.3, -0.25) is 4.79 Å². The van der Waals surface area contributed by atoms with Crippen LogP contribution in [0, 0.1) is 5.92 Å². The number of nitrogens with zero attached hydrogens (tertiary/aromatic N) is 1. The second kappa shape index (κ2) is 6.55. The van der Waals surface area contributed by atoms with Gasteiger partial charge in [0.05, 0.1) is 0 Å². The molecular formula is C16H21NO3. The molecule has 0 unspecified atom stereocenters. The summed E-state index contributed by atoms with van der Waals surface area (Å²) < 4.78 is 5.34. The van der Waals surface area contributed by atoms with Crippen molar-refractivity contribution in [3.8, 4) is 0 Å². The Kier molecular flexibility index (Phi) is 4.77. The Morgan fingerprint density at radius 1 is 1.25 bits per heavy atom. The summed E-state index contributed by atoms with van der Waals surface area (Å²) in [5.74, 6) is 0.105. The van der Waals surface area contributed by atoms with Gasteiger partial charge in [0, 0.05) is 18.5 Å². The van der Waals surface area contributed by atoms with Crippen LogP contribution in [-0.4, -0.2) is 29.4 Å². The van der Waals surface area contributed by atoms with Gasteiger partial charge in [0.25, 0.3) is 0 Å². The van der Waals surface area contributed by atoms with E-state index in [2.05, 4.69) is 0 Å². The Balaban J connectivity index is 1.91. The molecule has 0 bridgehead atoms. The number of carbonyl (C=O) groups is 2. The summed E-state index contributed by atoms with van der Waals surface area (Å²) in [6, 6.07) is 9.73. The first-order valence-corrected chi connectivity index (χ1v) is 7.05. The number of likely N-dealkylation sites (tertiary alicyclic amines) is 1. The smallest absolute Gasteiger partial charge is 0.410 e. The summed E-state index contributed by atoms with van der Waals surface area (Å²) >= 11 is 0. The lowest BCUT2D eigenvalue weighted by Gasteiger charge is -2.36. The molecule has 0 aromatic heterocycles. The number of hydrogen-bond acceptors (Lipinski definition) is 3. The Bertz CT molecular complexity index is 472. The zero-order valence-corrected chi connectivity index (χ0v) is 12.0. The Hall–Kier alpha value is -1.84. The maximum Gasteiger partial charge on any atom is 0.410 e. The Morgan fingerprint density at radius 3 is 2.60 bits per heavy atom. The van der Waals surface area contributed by atoms with E-state index in [1.165, 1.54) is 0 Å². The molecule has 0 aliphatic carbocycles. The van der Waals surface area contributed by atoms with Gasteiger partial charge in [-0.05, 0) is 32.3 Å². The first-order valence-electron chi connectivity index (χ1n) is 7.05. The molecule has 0 saturated carbocycles. The third-order valence-electron chi connectivity index (χ3n) is 3.90. The fourth-order valence-electron chi connectivity index (χ4n) is 2.50. The number of ketones is 1. The van der Waals surface area contributed by atoms with E-state index < -0.39 is 0 Å². The van der Waals surface area contributed by atoms with E-state index in [0.29, 0.717) is 6.54 Å². The van der Waals surface area contributed by atoms with Gasteiger partial charge in [-0.25, -0.2) is 4.79 Å². The fraction of sp³-hybridized carbons (Fsp3) is 0.500. The quantitative estimate of drug-likeness (QED) is 0.852. The van der Waals surface area contributed by atoms with Gasteiger partial charge in [0.15, 0.2) is 0 Å². The number of benzene rings is 1. The lowest BCUT2D eigenvalue weighted by molar-refractivity contribution is -0.122. The number of hydrogen-bond donors (Lipinski definition) is 0. The van der Waals surface area contributed by atoms with Gasteiger partial charge < -0.3 is 9.64 Å². The third-order valence-corrected chi connectivity index (χ3v) is 3.90. The van der Waals surface area contributed by atoms with Gasteiger partial charge in [0.2, 0.25) is 0 Å². The van der Waals surface area contributed by atoms with Crippen molar-refractivity contribution in [1.29, 1.82) is 0 Å². The predicted octanol–water partition coefficient (Wildman–Crippen LogP) is 3.01. The van der Waals surface area contributed by atoms with Crippen LogP contribution in [0.3, 0.4) is 0 Å². The van der Waals surface area contributed by atoms with E-state index in [-0.39, 0.29) is 30.4 Å². The molecule has 1 amide bonds. The van der Waals surface area contributed by atoms with Crippen molar-refractivity contribution >= 4 is 11.9 Å². The Morgan fingerprint density at radius 2 is 1.95 bits per heavy atom. The standard InChI is InChI=1S/C16H21NO3/c1-12-8-9-15(13(2)18)10-17(12)16(19)20-11-14-6-4-3-5-7-14/h3-7,12,15H,8-11H2,1-2H3/t12-,15+/m0/s1. The second-order valence-corrected chi connectivity index (χ2v) is 5.43. The normalized spacial score (nSPS) is 22.4. The number of amides is 1. The van der Waals surface area contributed by atoms with Crippen molar-refractivity contribution < 1.29 is 14.3 Å². The molecule has 0 N–H and O–H groups in total. The summed E-state index contributed by atoms with van der Waals surface area (Å²) in [5.41, 5.74) is 0.966. The van der Waals surface area contributed by atoms with Crippen molar-refractivity contribution in [2.45, 2.75) is 39.3 Å². The highest BCUT2D eigenvalue weighted by molar-refractivity contribution is 5.79. The van der Waals surface area contributed by atoms with E-state index in [1.807, 2.05) is 37.3 Å². The van der Waals surface area contributed by atoms with E-state index in [4.69, 9.17) is 4.74 Å².